The molecule has 0 aliphatic carbocycles. The van der Waals surface area contributed by atoms with Crippen LogP contribution in [-0.4, -0.2) is 11.8 Å². The van der Waals surface area contributed by atoms with Crippen LogP contribution in [0.3, 0.4) is 0 Å². The van der Waals surface area contributed by atoms with Crippen molar-refractivity contribution in [3.05, 3.63) is 82.2 Å². The zero-order valence-electron chi connectivity index (χ0n) is 12.8. The molecule has 2 amide bonds. The number of hydrogen-bond acceptors (Lipinski definition) is 3. The van der Waals surface area contributed by atoms with E-state index in [0.717, 1.165) is 0 Å². The molecule has 0 aliphatic rings. The lowest BCUT2D eigenvalue weighted by molar-refractivity contribution is 0.0991. The minimum atomic E-state index is -0.461. The van der Waals surface area contributed by atoms with Crippen LogP contribution in [0.15, 0.2) is 65.5 Å². The van der Waals surface area contributed by atoms with E-state index in [1.54, 1.807) is 48.5 Å². The molecule has 0 bridgehead atoms. The van der Waals surface area contributed by atoms with E-state index >= 15 is 0 Å². The number of furan rings is 1. The maximum atomic E-state index is 12.4. The molecule has 2 N–H and O–H groups in total. The fourth-order valence-electron chi connectivity index (χ4n) is 2.11. The molecule has 5 nitrogen and oxygen atoms in total. The third-order valence-electron chi connectivity index (χ3n) is 3.36. The van der Waals surface area contributed by atoms with E-state index in [0.29, 0.717) is 21.4 Å². The Labute approximate surface area is 153 Å². The summed E-state index contributed by atoms with van der Waals surface area (Å²) in [6, 6.07) is 13.3. The SMILES string of the molecule is O=C(Nc1ccc(Cl)cc1)c1cocc1C(=O)Nc1ccc(Cl)cc1. The highest BCUT2D eigenvalue weighted by Gasteiger charge is 2.20. The van der Waals surface area contributed by atoms with E-state index in [2.05, 4.69) is 10.6 Å². The van der Waals surface area contributed by atoms with Gasteiger partial charge in [0.2, 0.25) is 0 Å². The van der Waals surface area contributed by atoms with Crippen LogP contribution in [0.4, 0.5) is 11.4 Å². The van der Waals surface area contributed by atoms with E-state index < -0.39 is 11.8 Å². The highest BCUT2D eigenvalue weighted by molar-refractivity contribution is 6.31. The van der Waals surface area contributed by atoms with Gasteiger partial charge < -0.3 is 15.1 Å². The molecule has 0 aliphatic heterocycles. The van der Waals surface area contributed by atoms with Gasteiger partial charge in [-0.1, -0.05) is 23.2 Å². The Morgan fingerprint density at radius 3 is 1.40 bits per heavy atom. The summed E-state index contributed by atoms with van der Waals surface area (Å²) >= 11 is 11.6. The number of anilines is 2. The summed E-state index contributed by atoms with van der Waals surface area (Å²) in [5, 5.41) is 6.49. The molecule has 0 spiro atoms. The minimum absolute atomic E-state index is 0.126. The second-order valence-electron chi connectivity index (χ2n) is 5.12. The standard InChI is InChI=1S/C18H12Cl2N2O3/c19-11-1-5-13(6-2-11)21-17(23)15-9-25-10-16(15)18(24)22-14-7-3-12(20)4-8-14/h1-10H,(H,21,23)(H,22,24). The molecule has 0 radical (unpaired) electrons. The van der Waals surface area contributed by atoms with Gasteiger partial charge in [0.15, 0.2) is 0 Å². The maximum Gasteiger partial charge on any atom is 0.259 e. The minimum Gasteiger partial charge on any atom is -0.471 e. The first-order valence-corrected chi connectivity index (χ1v) is 7.98. The van der Waals surface area contributed by atoms with Crippen LogP contribution >= 0.6 is 23.2 Å². The molecule has 1 heterocycles. The van der Waals surface area contributed by atoms with E-state index in [9.17, 15) is 9.59 Å². The number of amides is 2. The third-order valence-corrected chi connectivity index (χ3v) is 3.86. The monoisotopic (exact) mass is 374 g/mol. The molecule has 2 aromatic carbocycles. The first kappa shape index (κ1) is 17.1. The van der Waals surface area contributed by atoms with Crippen molar-refractivity contribution >= 4 is 46.4 Å². The van der Waals surface area contributed by atoms with Gasteiger partial charge in [-0.3, -0.25) is 9.59 Å². The summed E-state index contributed by atoms with van der Waals surface area (Å²) in [6.07, 6.45) is 2.45. The van der Waals surface area contributed by atoms with Gasteiger partial charge in [-0.15, -0.1) is 0 Å². The van der Waals surface area contributed by atoms with Crippen LogP contribution in [0.25, 0.3) is 0 Å². The summed E-state index contributed by atoms with van der Waals surface area (Å²) < 4.78 is 5.04. The van der Waals surface area contributed by atoms with Crippen LogP contribution in [0.5, 0.6) is 0 Å². The van der Waals surface area contributed by atoms with Gasteiger partial charge in [0.25, 0.3) is 11.8 Å². The van der Waals surface area contributed by atoms with Crippen LogP contribution in [0.1, 0.15) is 20.7 Å². The molecule has 3 rings (SSSR count). The zero-order valence-corrected chi connectivity index (χ0v) is 14.3. The molecular formula is C18H12Cl2N2O3. The molecule has 0 unspecified atom stereocenters. The zero-order chi connectivity index (χ0) is 17.8. The molecule has 0 atom stereocenters. The van der Waals surface area contributed by atoms with Gasteiger partial charge in [-0.25, -0.2) is 0 Å². The number of halogens is 2. The average Bonchev–Trinajstić information content (AvgIpc) is 3.09. The van der Waals surface area contributed by atoms with Gasteiger partial charge in [0.1, 0.15) is 12.5 Å². The average molecular weight is 375 g/mol. The number of nitrogens with one attached hydrogen (secondary N) is 2. The molecule has 25 heavy (non-hydrogen) atoms. The molecule has 0 fully saturated rings. The number of carbonyl (C=O) groups is 2. The Balaban J connectivity index is 1.74. The molecule has 7 heteroatoms. The molecule has 0 saturated carbocycles. The lowest BCUT2D eigenvalue weighted by atomic mass is 10.1. The van der Waals surface area contributed by atoms with Crippen LogP contribution < -0.4 is 10.6 Å². The fraction of sp³-hybridized carbons (Fsp3) is 0. The number of hydrogen-bond donors (Lipinski definition) is 2. The van der Waals surface area contributed by atoms with E-state index in [1.807, 2.05) is 0 Å². The Kier molecular flexibility index (Phi) is 5.07. The summed E-state index contributed by atoms with van der Waals surface area (Å²) in [6.45, 7) is 0. The Morgan fingerprint density at radius 2 is 1.04 bits per heavy atom. The van der Waals surface area contributed by atoms with Crippen molar-refractivity contribution in [3.63, 3.8) is 0 Å². The van der Waals surface area contributed by atoms with Crippen LogP contribution in [0.2, 0.25) is 10.0 Å². The van der Waals surface area contributed by atoms with E-state index in [1.165, 1.54) is 12.5 Å². The molecule has 0 saturated heterocycles. The lowest BCUT2D eigenvalue weighted by Gasteiger charge is -2.07. The summed E-state index contributed by atoms with van der Waals surface area (Å²) in [7, 11) is 0. The fourth-order valence-corrected chi connectivity index (χ4v) is 2.36. The lowest BCUT2D eigenvalue weighted by Crippen LogP contribution is -2.18. The number of rotatable bonds is 4. The third kappa shape index (κ3) is 4.21. The van der Waals surface area contributed by atoms with Crippen LogP contribution in [-0.2, 0) is 0 Å². The second kappa shape index (κ2) is 7.42. The largest absolute Gasteiger partial charge is 0.471 e. The first-order chi connectivity index (χ1) is 12.0. The van der Waals surface area contributed by atoms with Crippen molar-refractivity contribution in [2.75, 3.05) is 10.6 Å². The molecule has 126 valence electrons. The normalized spacial score (nSPS) is 10.3. The molecule has 1 aromatic heterocycles. The van der Waals surface area contributed by atoms with Crippen molar-refractivity contribution in [3.8, 4) is 0 Å². The van der Waals surface area contributed by atoms with Gasteiger partial charge in [0, 0.05) is 21.4 Å². The maximum absolute atomic E-state index is 12.4. The van der Waals surface area contributed by atoms with Gasteiger partial charge >= 0.3 is 0 Å². The second-order valence-corrected chi connectivity index (χ2v) is 5.99. The van der Waals surface area contributed by atoms with Gasteiger partial charge in [0.05, 0.1) is 11.1 Å². The van der Waals surface area contributed by atoms with Crippen LogP contribution in [0, 0.1) is 0 Å². The molecular weight excluding hydrogens is 363 g/mol. The van der Waals surface area contributed by atoms with Crippen molar-refractivity contribution < 1.29 is 14.0 Å². The predicted octanol–water partition coefficient (Wildman–Crippen LogP) is 5.09. The Morgan fingerprint density at radius 1 is 0.680 bits per heavy atom. The van der Waals surface area contributed by atoms with Gasteiger partial charge in [-0.2, -0.15) is 0 Å². The van der Waals surface area contributed by atoms with Crippen molar-refractivity contribution in [2.45, 2.75) is 0 Å². The van der Waals surface area contributed by atoms with Crippen molar-refractivity contribution in [1.82, 2.24) is 0 Å². The summed E-state index contributed by atoms with van der Waals surface area (Å²) in [4.78, 5) is 24.8. The highest BCUT2D eigenvalue weighted by atomic mass is 35.5. The topological polar surface area (TPSA) is 71.3 Å². The highest BCUT2D eigenvalue weighted by Crippen LogP contribution is 2.19. The van der Waals surface area contributed by atoms with Crippen molar-refractivity contribution in [1.29, 1.82) is 0 Å². The predicted molar refractivity (Wildman–Crippen MR) is 97.5 cm³/mol. The first-order valence-electron chi connectivity index (χ1n) is 7.23. The molecule has 3 aromatic rings. The van der Waals surface area contributed by atoms with Crippen molar-refractivity contribution in [2.24, 2.45) is 0 Å². The van der Waals surface area contributed by atoms with Gasteiger partial charge in [-0.05, 0) is 48.5 Å². The summed E-state index contributed by atoms with van der Waals surface area (Å²) in [5.74, 6) is -0.922. The quantitative estimate of drug-likeness (QED) is 0.667. The Hall–Kier alpha value is -2.76. The number of carbonyl (C=O) groups excluding carboxylic acids is 2. The van der Waals surface area contributed by atoms with E-state index in [-0.39, 0.29) is 11.1 Å². The number of benzene rings is 2. The summed E-state index contributed by atoms with van der Waals surface area (Å²) in [5.41, 5.74) is 1.36. The van der Waals surface area contributed by atoms with E-state index in [4.69, 9.17) is 27.6 Å². The Bertz CT molecular complexity index is 829. The smallest absolute Gasteiger partial charge is 0.259 e.